The number of hydrogen-bond acceptors (Lipinski definition) is 2. The molecule has 1 saturated heterocycles. The number of aryl methyl sites for hydroxylation is 2. The third-order valence-corrected chi connectivity index (χ3v) is 4.91. The van der Waals surface area contributed by atoms with Crippen molar-refractivity contribution < 1.29 is 4.79 Å². The molecule has 0 N–H and O–H groups in total. The van der Waals surface area contributed by atoms with Gasteiger partial charge in [-0.2, -0.15) is 0 Å². The third-order valence-electron chi connectivity index (χ3n) is 4.91. The van der Waals surface area contributed by atoms with E-state index >= 15 is 0 Å². The fourth-order valence-electron chi connectivity index (χ4n) is 3.72. The average Bonchev–Trinajstić information content (AvgIpc) is 3.04. The molecule has 1 fully saturated rings. The van der Waals surface area contributed by atoms with Gasteiger partial charge in [0.1, 0.15) is 5.65 Å². The summed E-state index contributed by atoms with van der Waals surface area (Å²) in [6.07, 6.45) is 7.26. The van der Waals surface area contributed by atoms with Gasteiger partial charge in [0.05, 0.1) is 17.5 Å². The Morgan fingerprint density at radius 3 is 2.44 bits per heavy atom. The summed E-state index contributed by atoms with van der Waals surface area (Å²) in [5.74, 6) is 0.127. The van der Waals surface area contributed by atoms with E-state index in [1.165, 1.54) is 17.5 Å². The van der Waals surface area contributed by atoms with Crippen molar-refractivity contribution in [1.82, 2.24) is 14.3 Å². The number of likely N-dealkylation sites (tertiary alicyclic amines) is 1. The Labute approximate surface area is 148 Å². The van der Waals surface area contributed by atoms with Crippen LogP contribution in [0.25, 0.3) is 16.9 Å². The van der Waals surface area contributed by atoms with Crippen molar-refractivity contribution in [2.45, 2.75) is 33.1 Å². The summed E-state index contributed by atoms with van der Waals surface area (Å²) in [4.78, 5) is 19.3. The molecule has 0 radical (unpaired) electrons. The van der Waals surface area contributed by atoms with Gasteiger partial charge in [-0.25, -0.2) is 4.98 Å². The van der Waals surface area contributed by atoms with Crippen LogP contribution in [0.15, 0.2) is 42.7 Å². The van der Waals surface area contributed by atoms with Gasteiger partial charge in [-0.05, 0) is 57.4 Å². The number of nitrogens with zero attached hydrogens (tertiary/aromatic N) is 3. The molecule has 1 amide bonds. The quantitative estimate of drug-likeness (QED) is 0.703. The van der Waals surface area contributed by atoms with Crippen molar-refractivity contribution >= 4 is 11.6 Å². The van der Waals surface area contributed by atoms with E-state index in [2.05, 4.69) is 37.0 Å². The number of fused-ring (bicyclic) bond motifs is 1. The van der Waals surface area contributed by atoms with Crippen molar-refractivity contribution in [2.75, 3.05) is 13.1 Å². The maximum absolute atomic E-state index is 12.8. The predicted molar refractivity (Wildman–Crippen MR) is 99.9 cm³/mol. The largest absolute Gasteiger partial charge is 0.339 e. The van der Waals surface area contributed by atoms with Crippen molar-refractivity contribution in [1.29, 1.82) is 0 Å². The Morgan fingerprint density at radius 1 is 1.00 bits per heavy atom. The van der Waals surface area contributed by atoms with Gasteiger partial charge in [0, 0.05) is 24.8 Å². The van der Waals surface area contributed by atoms with Gasteiger partial charge in [-0.3, -0.25) is 9.20 Å². The highest BCUT2D eigenvalue weighted by molar-refractivity contribution is 5.94. The molecule has 128 valence electrons. The molecule has 0 saturated carbocycles. The number of amides is 1. The number of hydrogen-bond donors (Lipinski definition) is 0. The molecule has 0 spiro atoms. The van der Waals surface area contributed by atoms with Gasteiger partial charge in [0.15, 0.2) is 0 Å². The molecule has 0 bridgehead atoms. The van der Waals surface area contributed by atoms with Gasteiger partial charge in [0.25, 0.3) is 5.91 Å². The van der Waals surface area contributed by atoms with Crippen LogP contribution in [-0.4, -0.2) is 33.3 Å². The lowest BCUT2D eigenvalue weighted by molar-refractivity contribution is 0.0724. The predicted octanol–water partition coefficient (Wildman–Crippen LogP) is 4.24. The SMILES string of the molecule is Cc1cc(C)cc(-c2cnc3ccc(C(=O)N4CCCCC4)cn23)c1. The summed E-state index contributed by atoms with van der Waals surface area (Å²) >= 11 is 0. The second-order valence-electron chi connectivity index (χ2n) is 7.02. The first-order chi connectivity index (χ1) is 12.1. The van der Waals surface area contributed by atoms with E-state index in [4.69, 9.17) is 0 Å². The minimum Gasteiger partial charge on any atom is -0.339 e. The molecular weight excluding hydrogens is 310 g/mol. The second-order valence-corrected chi connectivity index (χ2v) is 7.02. The molecule has 4 heteroatoms. The summed E-state index contributed by atoms with van der Waals surface area (Å²) in [6.45, 7) is 5.94. The molecule has 25 heavy (non-hydrogen) atoms. The topological polar surface area (TPSA) is 37.6 Å². The number of pyridine rings is 1. The van der Waals surface area contributed by atoms with Crippen molar-refractivity contribution in [3.63, 3.8) is 0 Å². The number of aromatic nitrogens is 2. The Bertz CT molecular complexity index is 915. The van der Waals surface area contributed by atoms with Crippen LogP contribution in [0.2, 0.25) is 0 Å². The zero-order chi connectivity index (χ0) is 17.4. The van der Waals surface area contributed by atoms with Crippen LogP contribution < -0.4 is 0 Å². The molecule has 3 heterocycles. The minimum absolute atomic E-state index is 0.127. The van der Waals surface area contributed by atoms with Crippen molar-refractivity contribution in [2.24, 2.45) is 0 Å². The van der Waals surface area contributed by atoms with Gasteiger partial charge >= 0.3 is 0 Å². The summed E-state index contributed by atoms with van der Waals surface area (Å²) in [7, 11) is 0. The van der Waals surface area contributed by atoms with Gasteiger partial charge in [-0.15, -0.1) is 0 Å². The average molecular weight is 333 g/mol. The molecule has 2 aromatic heterocycles. The lowest BCUT2D eigenvalue weighted by Gasteiger charge is -2.26. The first-order valence-corrected chi connectivity index (χ1v) is 8.97. The van der Waals surface area contributed by atoms with Gasteiger partial charge < -0.3 is 4.90 Å². The van der Waals surface area contributed by atoms with Crippen LogP contribution in [0.1, 0.15) is 40.7 Å². The van der Waals surface area contributed by atoms with Crippen molar-refractivity contribution in [3.05, 3.63) is 59.4 Å². The first kappa shape index (κ1) is 15.9. The molecule has 0 aliphatic carbocycles. The number of piperidine rings is 1. The molecule has 1 aliphatic rings. The highest BCUT2D eigenvalue weighted by Gasteiger charge is 2.19. The molecule has 3 aromatic rings. The Kier molecular flexibility index (Phi) is 4.04. The van der Waals surface area contributed by atoms with Gasteiger partial charge in [-0.1, -0.05) is 17.2 Å². The monoisotopic (exact) mass is 333 g/mol. The number of rotatable bonds is 2. The number of carbonyl (C=O) groups excluding carboxylic acids is 1. The molecule has 4 nitrogen and oxygen atoms in total. The normalized spacial score (nSPS) is 14.9. The van der Waals surface area contributed by atoms with E-state index in [9.17, 15) is 4.79 Å². The zero-order valence-corrected chi connectivity index (χ0v) is 14.8. The molecular formula is C21H23N3O. The third kappa shape index (κ3) is 3.04. The van der Waals surface area contributed by atoms with Crippen molar-refractivity contribution in [3.8, 4) is 11.3 Å². The lowest BCUT2D eigenvalue weighted by Crippen LogP contribution is -2.35. The first-order valence-electron chi connectivity index (χ1n) is 8.97. The maximum atomic E-state index is 12.8. The van der Waals surface area contributed by atoms with E-state index < -0.39 is 0 Å². The highest BCUT2D eigenvalue weighted by atomic mass is 16.2. The molecule has 1 aromatic carbocycles. The minimum atomic E-state index is 0.127. The number of imidazole rings is 1. The van der Waals surface area contributed by atoms with Gasteiger partial charge in [0.2, 0.25) is 0 Å². The Hall–Kier alpha value is -2.62. The summed E-state index contributed by atoms with van der Waals surface area (Å²) in [5, 5.41) is 0. The van der Waals surface area contributed by atoms with Crippen LogP contribution in [0.3, 0.4) is 0 Å². The van der Waals surface area contributed by atoms with Crippen LogP contribution >= 0.6 is 0 Å². The Balaban J connectivity index is 1.76. The Morgan fingerprint density at radius 2 is 1.72 bits per heavy atom. The molecule has 1 aliphatic heterocycles. The standard InChI is InChI=1S/C21H23N3O/c1-15-10-16(2)12-18(11-15)19-13-22-20-7-6-17(14-24(19)20)21(25)23-8-4-3-5-9-23/h6-7,10-14H,3-5,8-9H2,1-2H3. The maximum Gasteiger partial charge on any atom is 0.255 e. The van der Waals surface area contributed by atoms with E-state index in [1.54, 1.807) is 0 Å². The molecule has 0 atom stereocenters. The molecule has 0 unspecified atom stereocenters. The number of carbonyl (C=O) groups is 1. The highest BCUT2D eigenvalue weighted by Crippen LogP contribution is 2.24. The van der Waals surface area contributed by atoms with E-state index in [1.807, 2.05) is 33.8 Å². The smallest absolute Gasteiger partial charge is 0.255 e. The van der Waals surface area contributed by atoms with E-state index in [0.29, 0.717) is 0 Å². The molecule has 4 rings (SSSR count). The van der Waals surface area contributed by atoms with Crippen LogP contribution in [0.4, 0.5) is 0 Å². The van der Waals surface area contributed by atoms with Crippen LogP contribution in [-0.2, 0) is 0 Å². The summed E-state index contributed by atoms with van der Waals surface area (Å²) < 4.78 is 2.03. The summed E-state index contributed by atoms with van der Waals surface area (Å²) in [6, 6.07) is 10.3. The zero-order valence-electron chi connectivity index (χ0n) is 14.8. The fraction of sp³-hybridized carbons (Fsp3) is 0.333. The summed E-state index contributed by atoms with van der Waals surface area (Å²) in [5.41, 5.74) is 6.21. The second kappa shape index (κ2) is 6.36. The lowest BCUT2D eigenvalue weighted by atomic mass is 10.1. The van der Waals surface area contributed by atoms with E-state index in [0.717, 1.165) is 48.4 Å². The number of benzene rings is 1. The van der Waals surface area contributed by atoms with Crippen LogP contribution in [0.5, 0.6) is 0 Å². The fourth-order valence-corrected chi connectivity index (χ4v) is 3.72. The van der Waals surface area contributed by atoms with E-state index in [-0.39, 0.29) is 5.91 Å². The van der Waals surface area contributed by atoms with Crippen LogP contribution in [0, 0.1) is 13.8 Å².